The Hall–Kier alpha value is -7.63. The SMILES string of the molecule is c1ccc(N(c2ccccc2)c2cccc(N(c3ccc(-c4nc5c6ccccc6c6ccccc6c5o4)cc3)c3ccc4oc5ccccc5c4c3)c2)cc1. The predicted octanol–water partition coefficient (Wildman–Crippen LogP) is 14.6. The number of hydrogen-bond acceptors (Lipinski definition) is 5. The highest BCUT2D eigenvalue weighted by Gasteiger charge is 2.20. The van der Waals surface area contributed by atoms with Crippen molar-refractivity contribution in [3.05, 3.63) is 200 Å². The minimum Gasteiger partial charge on any atom is -0.456 e. The van der Waals surface area contributed by atoms with Crippen molar-refractivity contribution >= 4 is 88.7 Å². The lowest BCUT2D eigenvalue weighted by Crippen LogP contribution is -2.13. The number of anilines is 6. The number of para-hydroxylation sites is 3. The Balaban J connectivity index is 1.06. The first-order valence-corrected chi connectivity index (χ1v) is 18.8. The molecule has 5 heteroatoms. The van der Waals surface area contributed by atoms with E-state index in [1.165, 1.54) is 5.39 Å². The maximum atomic E-state index is 6.61. The van der Waals surface area contributed by atoms with Gasteiger partial charge in [0.15, 0.2) is 5.58 Å². The van der Waals surface area contributed by atoms with Crippen LogP contribution < -0.4 is 9.80 Å². The smallest absolute Gasteiger partial charge is 0.227 e. The Morgan fingerprint density at radius 3 is 1.50 bits per heavy atom. The first-order valence-electron chi connectivity index (χ1n) is 18.8. The van der Waals surface area contributed by atoms with Crippen LogP contribution in [0.5, 0.6) is 0 Å². The molecule has 5 nitrogen and oxygen atoms in total. The van der Waals surface area contributed by atoms with Crippen LogP contribution in [-0.4, -0.2) is 4.98 Å². The zero-order chi connectivity index (χ0) is 37.0. The molecule has 0 saturated heterocycles. The van der Waals surface area contributed by atoms with Gasteiger partial charge in [-0.2, -0.15) is 0 Å². The summed E-state index contributed by atoms with van der Waals surface area (Å²) in [6, 6.07) is 69.7. The lowest BCUT2D eigenvalue weighted by Gasteiger charge is -2.29. The molecule has 0 unspecified atom stereocenters. The van der Waals surface area contributed by atoms with Crippen LogP contribution in [0.25, 0.3) is 66.0 Å². The van der Waals surface area contributed by atoms with Crippen LogP contribution in [0.3, 0.4) is 0 Å². The van der Waals surface area contributed by atoms with Gasteiger partial charge in [0.05, 0.1) is 0 Å². The monoisotopic (exact) mass is 719 g/mol. The molecule has 2 aromatic heterocycles. The molecular weight excluding hydrogens is 687 g/mol. The van der Waals surface area contributed by atoms with Gasteiger partial charge >= 0.3 is 0 Å². The lowest BCUT2D eigenvalue weighted by atomic mass is 10.0. The third-order valence-electron chi connectivity index (χ3n) is 10.6. The van der Waals surface area contributed by atoms with Gasteiger partial charge in [0.2, 0.25) is 5.89 Å². The predicted molar refractivity (Wildman–Crippen MR) is 231 cm³/mol. The minimum absolute atomic E-state index is 0.592. The second-order valence-electron chi connectivity index (χ2n) is 14.0. The molecule has 0 saturated carbocycles. The molecule has 11 aromatic rings. The molecule has 0 fully saturated rings. The van der Waals surface area contributed by atoms with Crippen LogP contribution in [0.1, 0.15) is 0 Å². The van der Waals surface area contributed by atoms with E-state index >= 15 is 0 Å². The van der Waals surface area contributed by atoms with E-state index in [0.717, 1.165) is 88.9 Å². The highest BCUT2D eigenvalue weighted by Crippen LogP contribution is 2.43. The van der Waals surface area contributed by atoms with E-state index in [4.69, 9.17) is 13.8 Å². The molecule has 0 spiro atoms. The molecule has 0 N–H and O–H groups in total. The number of aromatic nitrogens is 1. The Labute approximate surface area is 322 Å². The van der Waals surface area contributed by atoms with Gasteiger partial charge in [-0.25, -0.2) is 4.98 Å². The maximum Gasteiger partial charge on any atom is 0.227 e. The van der Waals surface area contributed by atoms with Crippen molar-refractivity contribution in [2.24, 2.45) is 0 Å². The lowest BCUT2D eigenvalue weighted by molar-refractivity contribution is 0.623. The minimum atomic E-state index is 0.592. The van der Waals surface area contributed by atoms with Crippen LogP contribution in [0.4, 0.5) is 34.1 Å². The van der Waals surface area contributed by atoms with Crippen LogP contribution in [0.15, 0.2) is 209 Å². The molecule has 0 bridgehead atoms. The highest BCUT2D eigenvalue weighted by molar-refractivity contribution is 6.22. The van der Waals surface area contributed by atoms with Crippen molar-refractivity contribution in [1.82, 2.24) is 4.98 Å². The number of oxazole rings is 1. The fourth-order valence-electron chi connectivity index (χ4n) is 8.08. The van der Waals surface area contributed by atoms with Crippen LogP contribution in [-0.2, 0) is 0 Å². The number of hydrogen-bond donors (Lipinski definition) is 0. The molecule has 264 valence electrons. The molecule has 0 aliphatic rings. The van der Waals surface area contributed by atoms with E-state index in [-0.39, 0.29) is 0 Å². The van der Waals surface area contributed by atoms with Crippen molar-refractivity contribution in [3.63, 3.8) is 0 Å². The first kappa shape index (κ1) is 31.9. The van der Waals surface area contributed by atoms with Crippen LogP contribution in [0.2, 0.25) is 0 Å². The quantitative estimate of drug-likeness (QED) is 0.153. The van der Waals surface area contributed by atoms with Gasteiger partial charge in [0, 0.05) is 61.2 Å². The summed E-state index contributed by atoms with van der Waals surface area (Å²) in [7, 11) is 0. The second kappa shape index (κ2) is 13.0. The van der Waals surface area contributed by atoms with E-state index in [9.17, 15) is 0 Å². The topological polar surface area (TPSA) is 45.7 Å². The normalized spacial score (nSPS) is 11.6. The van der Waals surface area contributed by atoms with E-state index in [1.807, 2.05) is 12.1 Å². The van der Waals surface area contributed by atoms with E-state index < -0.39 is 0 Å². The summed E-state index contributed by atoms with van der Waals surface area (Å²) in [5.41, 5.74) is 10.5. The molecular formula is C51H33N3O2. The van der Waals surface area contributed by atoms with Crippen LogP contribution in [0, 0.1) is 0 Å². The summed E-state index contributed by atoms with van der Waals surface area (Å²) in [6.45, 7) is 0. The van der Waals surface area contributed by atoms with E-state index in [2.05, 4.69) is 198 Å². The van der Waals surface area contributed by atoms with Gasteiger partial charge in [0.1, 0.15) is 16.7 Å². The van der Waals surface area contributed by atoms with Crippen molar-refractivity contribution in [2.45, 2.75) is 0 Å². The summed E-state index contributed by atoms with van der Waals surface area (Å²) >= 11 is 0. The van der Waals surface area contributed by atoms with Gasteiger partial charge in [-0.1, -0.05) is 109 Å². The average Bonchev–Trinajstić information content (AvgIpc) is 3.88. The van der Waals surface area contributed by atoms with Gasteiger partial charge < -0.3 is 18.6 Å². The Morgan fingerprint density at radius 1 is 0.321 bits per heavy atom. The molecule has 0 atom stereocenters. The summed E-state index contributed by atoms with van der Waals surface area (Å²) in [5, 5.41) is 6.63. The van der Waals surface area contributed by atoms with Gasteiger partial charge in [-0.05, 0) is 102 Å². The first-order chi connectivity index (χ1) is 27.8. The van der Waals surface area contributed by atoms with Crippen molar-refractivity contribution < 1.29 is 8.83 Å². The van der Waals surface area contributed by atoms with Gasteiger partial charge in [-0.3, -0.25) is 0 Å². The number of furan rings is 1. The molecule has 56 heavy (non-hydrogen) atoms. The van der Waals surface area contributed by atoms with Crippen molar-refractivity contribution in [1.29, 1.82) is 0 Å². The number of fused-ring (bicyclic) bond motifs is 9. The molecule has 11 rings (SSSR count). The summed E-state index contributed by atoms with van der Waals surface area (Å²) in [5.74, 6) is 0.592. The largest absolute Gasteiger partial charge is 0.456 e. The summed E-state index contributed by atoms with van der Waals surface area (Å²) in [4.78, 5) is 9.69. The zero-order valence-corrected chi connectivity index (χ0v) is 30.2. The second-order valence-corrected chi connectivity index (χ2v) is 14.0. The molecule has 2 heterocycles. The maximum absolute atomic E-state index is 6.61. The molecule has 0 amide bonds. The zero-order valence-electron chi connectivity index (χ0n) is 30.2. The van der Waals surface area contributed by atoms with Crippen LogP contribution >= 0.6 is 0 Å². The number of benzene rings is 9. The molecule has 0 aliphatic carbocycles. The average molecular weight is 720 g/mol. The number of nitrogens with zero attached hydrogens (tertiary/aromatic N) is 3. The third kappa shape index (κ3) is 5.29. The fraction of sp³-hybridized carbons (Fsp3) is 0. The van der Waals surface area contributed by atoms with Gasteiger partial charge in [-0.15, -0.1) is 0 Å². The number of rotatable bonds is 7. The van der Waals surface area contributed by atoms with Crippen molar-refractivity contribution in [2.75, 3.05) is 9.80 Å². The van der Waals surface area contributed by atoms with E-state index in [0.29, 0.717) is 5.89 Å². The molecule has 0 radical (unpaired) electrons. The van der Waals surface area contributed by atoms with E-state index in [1.54, 1.807) is 0 Å². The Bertz CT molecular complexity index is 3090. The third-order valence-corrected chi connectivity index (χ3v) is 10.6. The summed E-state index contributed by atoms with van der Waals surface area (Å²) < 4.78 is 12.9. The Morgan fingerprint density at radius 2 is 0.804 bits per heavy atom. The molecule has 0 aliphatic heterocycles. The van der Waals surface area contributed by atoms with Gasteiger partial charge in [0.25, 0.3) is 0 Å². The molecule has 9 aromatic carbocycles. The highest BCUT2D eigenvalue weighted by atomic mass is 16.3. The fourth-order valence-corrected chi connectivity index (χ4v) is 8.08. The Kier molecular flexibility index (Phi) is 7.42. The van der Waals surface area contributed by atoms with Crippen molar-refractivity contribution in [3.8, 4) is 11.5 Å². The summed E-state index contributed by atoms with van der Waals surface area (Å²) in [6.07, 6.45) is 0. The standard InChI is InChI=1S/C51H33N3O2/c1-3-14-35(15-4-1)53(36-16-5-2-6-17-36)38-18-13-19-39(32-38)54(40-30-31-48-46(33-40)43-22-11-12-25-47(43)55-48)37-28-26-34(27-29-37)51-52-49-44-23-9-7-20-41(44)42-21-8-10-24-45(42)50(49)56-51/h1-33H.